The first-order valence-electron chi connectivity index (χ1n) is 13.4. The highest BCUT2D eigenvalue weighted by molar-refractivity contribution is 5.96. The number of aromatic nitrogens is 1. The number of benzene rings is 2. The number of amides is 2. The summed E-state index contributed by atoms with van der Waals surface area (Å²) < 4.78 is 21.1. The highest BCUT2D eigenvalue weighted by Gasteiger charge is 2.64. The molecule has 3 aromatic rings. The molecular formula is C30H35FN4O4. The lowest BCUT2D eigenvalue weighted by molar-refractivity contribution is -0.140. The first-order valence-corrected chi connectivity index (χ1v) is 13.4. The lowest BCUT2D eigenvalue weighted by Crippen LogP contribution is -2.41. The summed E-state index contributed by atoms with van der Waals surface area (Å²) in [6.45, 7) is 3.43. The van der Waals surface area contributed by atoms with Gasteiger partial charge in [0.05, 0.1) is 16.8 Å². The zero-order valence-electron chi connectivity index (χ0n) is 22.6. The van der Waals surface area contributed by atoms with Gasteiger partial charge in [-0.2, -0.15) is 0 Å². The molecule has 2 N–H and O–H groups in total. The molecule has 2 heterocycles. The molecule has 2 aromatic carbocycles. The maximum Gasteiger partial charge on any atom is 0.247 e. The minimum Gasteiger partial charge on any atom is -0.486 e. The quantitative estimate of drug-likeness (QED) is 0.321. The van der Waals surface area contributed by atoms with Crippen LogP contribution in [-0.2, 0) is 29.0 Å². The van der Waals surface area contributed by atoms with Gasteiger partial charge in [-0.1, -0.05) is 31.2 Å². The maximum atomic E-state index is 15.2. The van der Waals surface area contributed by atoms with Gasteiger partial charge in [0.25, 0.3) is 0 Å². The third kappa shape index (κ3) is 5.33. The lowest BCUT2D eigenvalue weighted by Gasteiger charge is -2.25. The van der Waals surface area contributed by atoms with Crippen LogP contribution in [-0.4, -0.2) is 65.0 Å². The van der Waals surface area contributed by atoms with Crippen molar-refractivity contribution in [1.82, 2.24) is 20.3 Å². The molecule has 1 saturated carbocycles. The molecule has 0 radical (unpaired) electrons. The van der Waals surface area contributed by atoms with Crippen molar-refractivity contribution in [3.05, 3.63) is 71.2 Å². The van der Waals surface area contributed by atoms with Crippen molar-refractivity contribution >= 4 is 22.7 Å². The fourth-order valence-electron chi connectivity index (χ4n) is 5.80. The van der Waals surface area contributed by atoms with E-state index in [9.17, 15) is 14.8 Å². The predicted molar refractivity (Wildman–Crippen MR) is 145 cm³/mol. The largest absolute Gasteiger partial charge is 0.486 e. The van der Waals surface area contributed by atoms with Crippen molar-refractivity contribution in [2.45, 2.75) is 45.3 Å². The highest BCUT2D eigenvalue weighted by atomic mass is 19.1. The third-order valence-corrected chi connectivity index (χ3v) is 8.22. The van der Waals surface area contributed by atoms with E-state index in [0.29, 0.717) is 25.1 Å². The van der Waals surface area contributed by atoms with Gasteiger partial charge < -0.3 is 14.5 Å². The van der Waals surface area contributed by atoms with Crippen molar-refractivity contribution in [2.24, 2.45) is 11.3 Å². The second-order valence-corrected chi connectivity index (χ2v) is 10.9. The molecule has 206 valence electrons. The molecule has 2 aliphatic rings. The van der Waals surface area contributed by atoms with E-state index in [-0.39, 0.29) is 30.7 Å². The van der Waals surface area contributed by atoms with E-state index >= 15 is 4.39 Å². The summed E-state index contributed by atoms with van der Waals surface area (Å²) >= 11 is 0. The Morgan fingerprint density at radius 1 is 1.23 bits per heavy atom. The molecular weight excluding hydrogens is 499 g/mol. The van der Waals surface area contributed by atoms with Crippen LogP contribution in [0, 0.1) is 17.2 Å². The zero-order valence-corrected chi connectivity index (χ0v) is 22.6. The summed E-state index contributed by atoms with van der Waals surface area (Å²) in [7, 11) is 3.97. The Kier molecular flexibility index (Phi) is 7.55. The van der Waals surface area contributed by atoms with Gasteiger partial charge in [-0.15, -0.1) is 0 Å². The van der Waals surface area contributed by atoms with E-state index in [2.05, 4.69) is 9.88 Å². The van der Waals surface area contributed by atoms with Crippen LogP contribution in [0.25, 0.3) is 10.9 Å². The van der Waals surface area contributed by atoms with Crippen LogP contribution >= 0.6 is 0 Å². The molecule has 1 unspecified atom stereocenters. The fraction of sp³-hybridized carbons (Fsp3) is 0.433. The molecule has 8 nitrogen and oxygen atoms in total. The number of carbonyl (C=O) groups is 2. The number of hydrogen-bond acceptors (Lipinski definition) is 6. The number of hydrogen-bond donors (Lipinski definition) is 2. The van der Waals surface area contributed by atoms with Gasteiger partial charge >= 0.3 is 0 Å². The van der Waals surface area contributed by atoms with Crippen molar-refractivity contribution in [1.29, 1.82) is 0 Å². The zero-order chi connectivity index (χ0) is 27.7. The first-order chi connectivity index (χ1) is 18.8. The van der Waals surface area contributed by atoms with Crippen LogP contribution in [0.1, 0.15) is 36.6 Å². The number of pyridine rings is 1. The predicted octanol–water partition coefficient (Wildman–Crippen LogP) is 3.73. The number of halogens is 1. The Bertz CT molecular complexity index is 1400. The summed E-state index contributed by atoms with van der Waals surface area (Å²) in [5, 5.41) is 10.2. The molecule has 1 aliphatic heterocycles. The van der Waals surface area contributed by atoms with Crippen LogP contribution in [0.2, 0.25) is 0 Å². The molecule has 39 heavy (non-hydrogen) atoms. The van der Waals surface area contributed by atoms with E-state index in [0.717, 1.165) is 35.0 Å². The molecule has 2 fully saturated rings. The average molecular weight is 535 g/mol. The second kappa shape index (κ2) is 10.9. The van der Waals surface area contributed by atoms with E-state index in [4.69, 9.17) is 4.74 Å². The van der Waals surface area contributed by atoms with Crippen LogP contribution in [0.15, 0.2) is 48.5 Å². The number of fused-ring (bicyclic) bond motifs is 1. The van der Waals surface area contributed by atoms with Gasteiger partial charge in [0.1, 0.15) is 6.61 Å². The fourth-order valence-corrected chi connectivity index (χ4v) is 5.80. The van der Waals surface area contributed by atoms with E-state index in [1.807, 2.05) is 51.4 Å². The van der Waals surface area contributed by atoms with Gasteiger partial charge in [-0.3, -0.25) is 19.8 Å². The maximum absolute atomic E-state index is 15.2. The van der Waals surface area contributed by atoms with Crippen molar-refractivity contribution in [3.8, 4) is 5.75 Å². The van der Waals surface area contributed by atoms with Crippen LogP contribution < -0.4 is 10.2 Å². The van der Waals surface area contributed by atoms with Gasteiger partial charge in [0, 0.05) is 35.8 Å². The molecule has 2 amide bonds. The Morgan fingerprint density at radius 3 is 2.72 bits per heavy atom. The molecule has 3 atom stereocenters. The summed E-state index contributed by atoms with van der Waals surface area (Å²) in [5.74, 6) is -1.76. The lowest BCUT2D eigenvalue weighted by atomic mass is 9.91. The van der Waals surface area contributed by atoms with Gasteiger partial charge in [0.15, 0.2) is 11.6 Å². The molecule has 1 aliphatic carbocycles. The summed E-state index contributed by atoms with van der Waals surface area (Å²) in [5.41, 5.74) is 4.06. The molecule has 1 saturated heterocycles. The first kappa shape index (κ1) is 27.0. The molecule has 1 aromatic heterocycles. The average Bonchev–Trinajstić information content (AvgIpc) is 3.44. The van der Waals surface area contributed by atoms with Gasteiger partial charge in [-0.25, -0.2) is 9.87 Å². The summed E-state index contributed by atoms with van der Waals surface area (Å²) in [6.07, 6.45) is 2.16. The van der Waals surface area contributed by atoms with E-state index in [1.54, 1.807) is 22.5 Å². The Balaban J connectivity index is 1.33. The highest BCUT2D eigenvalue weighted by Crippen LogP contribution is 2.56. The Labute approximate surface area is 227 Å². The van der Waals surface area contributed by atoms with Crippen molar-refractivity contribution in [3.63, 3.8) is 0 Å². The molecule has 0 spiro atoms. The second-order valence-electron chi connectivity index (χ2n) is 10.9. The summed E-state index contributed by atoms with van der Waals surface area (Å²) in [6, 6.07) is 14.8. The number of ether oxygens (including phenoxy) is 1. The minimum atomic E-state index is -0.991. The van der Waals surface area contributed by atoms with Crippen LogP contribution in [0.5, 0.6) is 5.75 Å². The third-order valence-electron chi connectivity index (χ3n) is 8.22. The topological polar surface area (TPSA) is 95.0 Å². The van der Waals surface area contributed by atoms with Crippen LogP contribution in [0.4, 0.5) is 4.39 Å². The Hall–Kier alpha value is -3.56. The number of likely N-dealkylation sites (tertiary alicyclic amines) is 1. The Morgan fingerprint density at radius 2 is 2.03 bits per heavy atom. The molecule has 5 rings (SSSR count). The SMILES string of the molecule is CCc1cc(COc2ccc(C[C@]3(C(=O)N4CC[C@H](N(C)C)C4)CC3C(=O)NO)cc2F)c2ccccc2n1. The summed E-state index contributed by atoms with van der Waals surface area (Å²) in [4.78, 5) is 34.5. The number of carbonyl (C=O) groups excluding carboxylic acids is 2. The number of para-hydroxylation sites is 1. The van der Waals surface area contributed by atoms with Crippen molar-refractivity contribution < 1.29 is 23.9 Å². The standard InChI is InChI=1S/C30H35FN4O4/c1-4-21-14-20(23-7-5-6-8-26(23)32-21)18-39-27-10-9-19(13-25(27)31)15-30(16-24(30)28(36)33-38)29(37)35-12-11-22(17-35)34(2)3/h5-10,13-14,22,24,38H,4,11-12,15-18H2,1-3H3,(H,33,36)/t22-,24?,30-/m0/s1. The normalized spacial score (nSPS) is 22.4. The molecule has 9 heteroatoms. The minimum absolute atomic E-state index is 0.113. The van der Waals surface area contributed by atoms with E-state index < -0.39 is 23.1 Å². The van der Waals surface area contributed by atoms with Crippen LogP contribution in [0.3, 0.4) is 0 Å². The number of hydroxylamine groups is 1. The van der Waals surface area contributed by atoms with Gasteiger partial charge in [0.2, 0.25) is 11.8 Å². The number of nitrogens with zero attached hydrogens (tertiary/aromatic N) is 3. The van der Waals surface area contributed by atoms with Crippen molar-refractivity contribution in [2.75, 3.05) is 27.2 Å². The number of aryl methyl sites for hydroxylation is 1. The number of nitrogens with one attached hydrogen (secondary N) is 1. The number of rotatable bonds is 9. The monoisotopic (exact) mass is 534 g/mol. The molecule has 0 bridgehead atoms. The van der Waals surface area contributed by atoms with Gasteiger partial charge in [-0.05, 0) is 69.6 Å². The smallest absolute Gasteiger partial charge is 0.247 e. The number of likely N-dealkylation sites (N-methyl/N-ethyl adjacent to an activating group) is 1. The van der Waals surface area contributed by atoms with E-state index in [1.165, 1.54) is 6.07 Å².